The van der Waals surface area contributed by atoms with Crippen molar-refractivity contribution < 1.29 is 9.53 Å². The minimum absolute atomic E-state index is 0.434. The molecule has 3 fully saturated rings. The second kappa shape index (κ2) is 10.7. The van der Waals surface area contributed by atoms with Gasteiger partial charge in [0, 0.05) is 0 Å². The van der Waals surface area contributed by atoms with Gasteiger partial charge in [0.15, 0.2) is 6.29 Å². The van der Waals surface area contributed by atoms with Crippen molar-refractivity contribution in [2.24, 2.45) is 23.2 Å². The monoisotopic (exact) mass is 533 g/mol. The third-order valence-corrected chi connectivity index (χ3v) is 14.0. The summed E-state index contributed by atoms with van der Waals surface area (Å²) in [6.07, 6.45) is 5.70. The lowest BCUT2D eigenvalue weighted by molar-refractivity contribution is -0.114. The molecule has 0 aliphatic heterocycles. The first-order chi connectivity index (χ1) is 19.0. The number of hydrogen-bond donors (Lipinski definition) is 0. The van der Waals surface area contributed by atoms with E-state index in [0.29, 0.717) is 23.5 Å². The predicted molar refractivity (Wildman–Crippen MR) is 164 cm³/mol. The average molecular weight is 534 g/mol. The highest BCUT2D eigenvalue weighted by Crippen LogP contribution is 2.61. The Morgan fingerprint density at radius 2 is 1.36 bits per heavy atom. The zero-order chi connectivity index (χ0) is 26.9. The SMILES string of the molecule is CC1(C)C2CCC(COc3ccc(C[P+](c4ccccc4)(c4ccccc4)c4ccccc4)cc3C=O)C1C2. The highest BCUT2D eigenvalue weighted by atomic mass is 31.2. The van der Waals surface area contributed by atoms with Gasteiger partial charge in [-0.2, -0.15) is 0 Å². The Hall–Kier alpha value is -3.22. The van der Waals surface area contributed by atoms with E-state index in [1.165, 1.54) is 35.2 Å². The third kappa shape index (κ3) is 4.74. The van der Waals surface area contributed by atoms with Crippen molar-refractivity contribution in [3.8, 4) is 5.75 Å². The number of ether oxygens (including phenoxy) is 1. The van der Waals surface area contributed by atoms with Gasteiger partial charge in [-0.05, 0) is 96.5 Å². The van der Waals surface area contributed by atoms with Gasteiger partial charge in [-0.1, -0.05) is 74.5 Å². The Bertz CT molecular complexity index is 1320. The van der Waals surface area contributed by atoms with E-state index in [-0.39, 0.29) is 0 Å². The van der Waals surface area contributed by atoms with Crippen molar-refractivity contribution in [2.75, 3.05) is 6.61 Å². The van der Waals surface area contributed by atoms with E-state index < -0.39 is 7.26 Å². The fourth-order valence-corrected chi connectivity index (χ4v) is 11.6. The lowest BCUT2D eigenvalue weighted by Crippen LogP contribution is -2.53. The van der Waals surface area contributed by atoms with Crippen LogP contribution in [0.2, 0.25) is 0 Å². The van der Waals surface area contributed by atoms with Gasteiger partial charge in [0.05, 0.1) is 18.3 Å². The summed E-state index contributed by atoms with van der Waals surface area (Å²) < 4.78 is 6.37. The fourth-order valence-electron chi connectivity index (χ4n) is 7.32. The number of carbonyl (C=O) groups excluding carboxylic acids is 1. The minimum atomic E-state index is -2.03. The van der Waals surface area contributed by atoms with E-state index in [4.69, 9.17) is 4.74 Å². The molecule has 0 radical (unpaired) electrons. The first kappa shape index (κ1) is 26.0. The summed E-state index contributed by atoms with van der Waals surface area (Å²) in [7, 11) is -2.03. The van der Waals surface area contributed by atoms with Gasteiger partial charge in [0.25, 0.3) is 0 Å². The van der Waals surface area contributed by atoms with Crippen molar-refractivity contribution >= 4 is 29.5 Å². The molecule has 0 amide bonds. The van der Waals surface area contributed by atoms with Crippen LogP contribution in [0, 0.1) is 23.2 Å². The van der Waals surface area contributed by atoms with Crippen LogP contribution in [-0.4, -0.2) is 12.9 Å². The topological polar surface area (TPSA) is 26.3 Å². The predicted octanol–water partition coefficient (Wildman–Crippen LogP) is 7.44. The second-order valence-electron chi connectivity index (χ2n) is 12.0. The van der Waals surface area contributed by atoms with Crippen LogP contribution in [0.5, 0.6) is 5.75 Å². The van der Waals surface area contributed by atoms with Crippen LogP contribution in [0.1, 0.15) is 49.0 Å². The average Bonchev–Trinajstić information content (AvgIpc) is 3.00. The number of aldehydes is 1. The van der Waals surface area contributed by atoms with Gasteiger partial charge in [-0.15, -0.1) is 0 Å². The molecular weight excluding hydrogens is 495 g/mol. The Labute approximate surface area is 233 Å². The molecule has 2 nitrogen and oxygen atoms in total. The van der Waals surface area contributed by atoms with Crippen LogP contribution in [-0.2, 0) is 6.16 Å². The largest absolute Gasteiger partial charge is 0.493 e. The second-order valence-corrected chi connectivity index (χ2v) is 15.5. The molecule has 39 heavy (non-hydrogen) atoms. The molecule has 0 saturated heterocycles. The first-order valence-corrected chi connectivity index (χ1v) is 16.3. The summed E-state index contributed by atoms with van der Waals surface area (Å²) in [5.74, 6) is 2.92. The van der Waals surface area contributed by atoms with Crippen molar-refractivity contribution in [1.29, 1.82) is 0 Å². The third-order valence-electron chi connectivity index (χ3n) is 9.67. The maximum atomic E-state index is 12.3. The summed E-state index contributed by atoms with van der Waals surface area (Å²) >= 11 is 0. The molecule has 0 heterocycles. The lowest BCUT2D eigenvalue weighted by Gasteiger charge is -2.60. The van der Waals surface area contributed by atoms with Crippen LogP contribution in [0.3, 0.4) is 0 Å². The number of hydrogen-bond acceptors (Lipinski definition) is 2. The smallest absolute Gasteiger partial charge is 0.153 e. The van der Waals surface area contributed by atoms with Gasteiger partial charge in [-0.3, -0.25) is 4.79 Å². The molecule has 0 N–H and O–H groups in total. The summed E-state index contributed by atoms with van der Waals surface area (Å²) in [5.41, 5.74) is 2.25. The molecule has 3 aliphatic carbocycles. The molecular formula is C36H38O2P+. The van der Waals surface area contributed by atoms with Crippen molar-refractivity contribution in [2.45, 2.75) is 39.3 Å². The summed E-state index contributed by atoms with van der Waals surface area (Å²) in [6, 6.07) is 39.0. The van der Waals surface area contributed by atoms with Crippen LogP contribution in [0.4, 0.5) is 0 Å². The van der Waals surface area contributed by atoms with E-state index in [1.807, 2.05) is 6.07 Å². The van der Waals surface area contributed by atoms with Gasteiger partial charge in [-0.25, -0.2) is 0 Å². The quantitative estimate of drug-likeness (QED) is 0.165. The zero-order valence-corrected chi connectivity index (χ0v) is 23.9. The van der Waals surface area contributed by atoms with Crippen LogP contribution in [0.25, 0.3) is 0 Å². The maximum Gasteiger partial charge on any atom is 0.153 e. The standard InChI is InChI=1S/C36H38O2P/c1-36(2)30-20-19-28(34(36)23-30)25-38-35-21-18-27(22-29(35)24-37)26-39(31-12-6-3-7-13-31,32-14-8-4-9-15-32)33-16-10-5-11-17-33/h3-18,21-22,24,28,30,34H,19-20,23,25-26H2,1-2H3/q+1. The maximum absolute atomic E-state index is 12.3. The number of benzene rings is 4. The van der Waals surface area contributed by atoms with Crippen LogP contribution in [0.15, 0.2) is 109 Å². The zero-order valence-electron chi connectivity index (χ0n) is 23.0. The number of carbonyl (C=O) groups is 1. The Kier molecular flexibility index (Phi) is 7.17. The van der Waals surface area contributed by atoms with Crippen molar-refractivity contribution in [3.05, 3.63) is 120 Å². The van der Waals surface area contributed by atoms with E-state index in [9.17, 15) is 4.79 Å². The molecule has 3 aliphatic rings. The number of rotatable bonds is 9. The normalized spacial score (nSPS) is 21.5. The van der Waals surface area contributed by atoms with Gasteiger partial charge < -0.3 is 4.74 Å². The van der Waals surface area contributed by atoms with Crippen LogP contribution >= 0.6 is 7.26 Å². The van der Waals surface area contributed by atoms with Gasteiger partial charge in [0.2, 0.25) is 0 Å². The lowest BCUT2D eigenvalue weighted by atomic mass is 9.46. The molecule has 7 rings (SSSR count). The highest BCUT2D eigenvalue weighted by molar-refractivity contribution is 7.95. The number of fused-ring (bicyclic) bond motifs is 2. The molecule has 2 bridgehead atoms. The van der Waals surface area contributed by atoms with Gasteiger partial charge >= 0.3 is 0 Å². The molecule has 3 atom stereocenters. The molecule has 4 aromatic carbocycles. The molecule has 198 valence electrons. The summed E-state index contributed by atoms with van der Waals surface area (Å²) in [4.78, 5) is 12.3. The van der Waals surface area contributed by atoms with E-state index in [0.717, 1.165) is 35.6 Å². The van der Waals surface area contributed by atoms with E-state index in [1.54, 1.807) is 0 Å². The Balaban J connectivity index is 1.34. The van der Waals surface area contributed by atoms with Crippen molar-refractivity contribution in [1.82, 2.24) is 0 Å². The van der Waals surface area contributed by atoms with Gasteiger partial charge in [0.1, 0.15) is 28.9 Å². The Morgan fingerprint density at radius 3 is 1.85 bits per heavy atom. The Morgan fingerprint density at radius 1 is 0.795 bits per heavy atom. The molecule has 3 unspecified atom stereocenters. The summed E-state index contributed by atoms with van der Waals surface area (Å²) in [5, 5.41) is 4.03. The highest BCUT2D eigenvalue weighted by Gasteiger charge is 2.54. The minimum Gasteiger partial charge on any atom is -0.493 e. The molecule has 3 saturated carbocycles. The van der Waals surface area contributed by atoms with E-state index in [2.05, 4.69) is 117 Å². The summed E-state index contributed by atoms with van der Waals surface area (Å²) in [6.45, 7) is 5.55. The molecule has 0 aromatic heterocycles. The molecule has 0 spiro atoms. The molecule has 3 heteroatoms. The molecule has 4 aromatic rings. The first-order valence-electron chi connectivity index (χ1n) is 14.3. The van der Waals surface area contributed by atoms with Crippen LogP contribution < -0.4 is 20.7 Å². The fraction of sp³-hybridized carbons (Fsp3) is 0.306. The van der Waals surface area contributed by atoms with E-state index >= 15 is 0 Å². The van der Waals surface area contributed by atoms with Crippen molar-refractivity contribution in [3.63, 3.8) is 0 Å².